The Morgan fingerprint density at radius 2 is 0.914 bits per heavy atom. The summed E-state index contributed by atoms with van der Waals surface area (Å²) < 4.78 is 13.2. The van der Waals surface area contributed by atoms with Crippen molar-refractivity contribution in [3.05, 3.63) is 225 Å². The van der Waals surface area contributed by atoms with Crippen LogP contribution in [0.15, 0.2) is 173 Å². The highest BCUT2D eigenvalue weighted by Gasteiger charge is 2.43. The van der Waals surface area contributed by atoms with E-state index in [2.05, 4.69) is 219 Å². The van der Waals surface area contributed by atoms with E-state index in [1.807, 2.05) is 0 Å². The van der Waals surface area contributed by atoms with E-state index in [0.717, 1.165) is 40.7 Å². The average Bonchev–Trinajstić information content (AvgIpc) is 4.10. The molecule has 2 aromatic heterocycles. The van der Waals surface area contributed by atoms with Crippen LogP contribution in [0.5, 0.6) is 0 Å². The fraction of sp³-hybridized carbons (Fsp3) is 0.206. The summed E-state index contributed by atoms with van der Waals surface area (Å²) in [6.45, 7) is 19.2. The highest BCUT2D eigenvalue weighted by Crippen LogP contribution is 2.59. The van der Waals surface area contributed by atoms with Gasteiger partial charge in [0.1, 0.15) is 22.3 Å². The lowest BCUT2D eigenvalue weighted by Gasteiger charge is -2.26. The Morgan fingerprint density at radius 3 is 1.63 bits per heavy atom. The van der Waals surface area contributed by atoms with Gasteiger partial charge in [0, 0.05) is 43.4 Å². The molecule has 14 rings (SSSR count). The minimum Gasteiger partial charge on any atom is -0.456 e. The topological polar surface area (TPSA) is 26.3 Å². The highest BCUT2D eigenvalue weighted by molar-refractivity contribution is 6.19. The van der Waals surface area contributed by atoms with Crippen molar-refractivity contribution in [2.24, 2.45) is 0 Å². The molecule has 2 heteroatoms. The van der Waals surface area contributed by atoms with Gasteiger partial charge in [-0.25, -0.2) is 0 Å². The molecule has 1 unspecified atom stereocenters. The summed E-state index contributed by atoms with van der Waals surface area (Å²) in [7, 11) is 0. The van der Waals surface area contributed by atoms with E-state index in [1.165, 1.54) is 122 Å². The molecule has 2 heterocycles. The fourth-order valence-electron chi connectivity index (χ4n) is 13.9. The second-order valence-electron chi connectivity index (χ2n) is 22.5. The van der Waals surface area contributed by atoms with Gasteiger partial charge < -0.3 is 8.83 Å². The smallest absolute Gasteiger partial charge is 0.143 e. The first-order chi connectivity index (χ1) is 33.8. The first-order valence-corrected chi connectivity index (χ1v) is 25.3. The van der Waals surface area contributed by atoms with Gasteiger partial charge in [-0.1, -0.05) is 169 Å². The molecule has 0 fully saturated rings. The van der Waals surface area contributed by atoms with Crippen molar-refractivity contribution in [1.82, 2.24) is 0 Å². The predicted octanol–water partition coefficient (Wildman–Crippen LogP) is 18.3. The minimum atomic E-state index is -0.207. The lowest BCUT2D eigenvalue weighted by Crippen LogP contribution is -2.17. The molecule has 340 valence electrons. The van der Waals surface area contributed by atoms with Crippen LogP contribution >= 0.6 is 0 Å². The number of hydrogen-bond donors (Lipinski definition) is 0. The largest absolute Gasteiger partial charge is 0.456 e. The lowest BCUT2D eigenvalue weighted by atomic mass is 9.78. The Kier molecular flexibility index (Phi) is 8.50. The van der Waals surface area contributed by atoms with E-state index >= 15 is 0 Å². The molecule has 3 aliphatic carbocycles. The van der Waals surface area contributed by atoms with Gasteiger partial charge >= 0.3 is 0 Å². The molecule has 0 aliphatic heterocycles. The maximum absolute atomic E-state index is 6.77. The summed E-state index contributed by atoms with van der Waals surface area (Å²) in [5, 5.41) is 4.84. The van der Waals surface area contributed by atoms with E-state index < -0.39 is 0 Å². The number of benzene rings is 9. The molecular weight excluding hydrogens is 849 g/mol. The zero-order chi connectivity index (χ0) is 47.6. The normalized spacial score (nSPS) is 15.8. The van der Waals surface area contributed by atoms with Crippen LogP contribution in [-0.4, -0.2) is 0 Å². The van der Waals surface area contributed by atoms with Crippen molar-refractivity contribution in [1.29, 1.82) is 0 Å². The number of fused-ring (bicyclic) bond motifs is 17. The molecule has 0 radical (unpaired) electrons. The van der Waals surface area contributed by atoms with Gasteiger partial charge in [0.15, 0.2) is 0 Å². The SMILES string of the molecule is Cc1cccc(C)c1C(Cc1ccc2c(c1)C(C)(C)c1cc3c(cc1-2)C(C)(C)c1ccc2oc4ccccc4c2c1-3)Cc1ccc2c(c1)C(C)(C)c1cc(-c3ccccc3)c3oc4ccccc4c3c1-2. The Morgan fingerprint density at radius 1 is 0.386 bits per heavy atom. The van der Waals surface area contributed by atoms with Gasteiger partial charge in [-0.2, -0.15) is 0 Å². The van der Waals surface area contributed by atoms with Gasteiger partial charge in [0.25, 0.3) is 0 Å². The van der Waals surface area contributed by atoms with E-state index in [4.69, 9.17) is 8.83 Å². The first-order valence-electron chi connectivity index (χ1n) is 25.3. The molecule has 9 aromatic carbocycles. The van der Waals surface area contributed by atoms with Crippen LogP contribution in [0.3, 0.4) is 0 Å². The fourth-order valence-corrected chi connectivity index (χ4v) is 13.9. The molecule has 0 bridgehead atoms. The van der Waals surface area contributed by atoms with Crippen LogP contribution in [-0.2, 0) is 29.1 Å². The molecule has 0 amide bonds. The quantitative estimate of drug-likeness (QED) is 0.166. The van der Waals surface area contributed by atoms with E-state index in [1.54, 1.807) is 0 Å². The third kappa shape index (κ3) is 5.62. The van der Waals surface area contributed by atoms with Crippen molar-refractivity contribution in [2.45, 2.75) is 90.4 Å². The first kappa shape index (κ1) is 41.5. The van der Waals surface area contributed by atoms with Gasteiger partial charge in [0.2, 0.25) is 0 Å². The molecule has 0 saturated carbocycles. The molecule has 0 N–H and O–H groups in total. The Bertz CT molecular complexity index is 4030. The maximum atomic E-state index is 6.77. The summed E-state index contributed by atoms with van der Waals surface area (Å²) in [4.78, 5) is 0. The summed E-state index contributed by atoms with van der Waals surface area (Å²) in [6, 6.07) is 61.6. The van der Waals surface area contributed by atoms with Crippen LogP contribution in [0, 0.1) is 13.8 Å². The van der Waals surface area contributed by atoms with Gasteiger partial charge in [0.05, 0.1) is 0 Å². The monoisotopic (exact) mass is 904 g/mol. The van der Waals surface area contributed by atoms with Crippen molar-refractivity contribution in [3.63, 3.8) is 0 Å². The molecule has 11 aromatic rings. The van der Waals surface area contributed by atoms with Crippen LogP contribution < -0.4 is 0 Å². The molecule has 0 saturated heterocycles. The number of para-hydroxylation sites is 2. The summed E-state index contributed by atoms with van der Waals surface area (Å²) in [6.07, 6.45) is 1.90. The highest BCUT2D eigenvalue weighted by atomic mass is 16.3. The van der Waals surface area contributed by atoms with Gasteiger partial charge in [-0.15, -0.1) is 0 Å². The second-order valence-corrected chi connectivity index (χ2v) is 22.5. The Hall–Kier alpha value is -7.42. The van der Waals surface area contributed by atoms with Crippen LogP contribution in [0.2, 0.25) is 0 Å². The average molecular weight is 905 g/mol. The molecule has 70 heavy (non-hydrogen) atoms. The minimum absolute atomic E-state index is 0.141. The van der Waals surface area contributed by atoms with Gasteiger partial charge in [-0.3, -0.25) is 0 Å². The molecule has 3 aliphatic rings. The van der Waals surface area contributed by atoms with E-state index in [-0.39, 0.29) is 16.2 Å². The van der Waals surface area contributed by atoms with Gasteiger partial charge in [-0.05, 0) is 169 Å². The van der Waals surface area contributed by atoms with Crippen molar-refractivity contribution >= 4 is 43.9 Å². The summed E-state index contributed by atoms with van der Waals surface area (Å²) in [5.74, 6) is 0.290. The number of furan rings is 2. The Labute approximate surface area is 410 Å². The molecule has 0 spiro atoms. The number of hydrogen-bond acceptors (Lipinski definition) is 2. The molecular formula is C68H56O2. The van der Waals surface area contributed by atoms with Crippen molar-refractivity contribution < 1.29 is 8.83 Å². The maximum Gasteiger partial charge on any atom is 0.143 e. The summed E-state index contributed by atoms with van der Waals surface area (Å²) >= 11 is 0. The predicted molar refractivity (Wildman–Crippen MR) is 292 cm³/mol. The lowest BCUT2D eigenvalue weighted by molar-refractivity contribution is 0.643. The van der Waals surface area contributed by atoms with E-state index in [0.29, 0.717) is 5.92 Å². The number of aryl methyl sites for hydroxylation is 2. The van der Waals surface area contributed by atoms with Crippen LogP contribution in [0.1, 0.15) is 109 Å². The van der Waals surface area contributed by atoms with Crippen LogP contribution in [0.25, 0.3) is 88.4 Å². The zero-order valence-corrected chi connectivity index (χ0v) is 41.4. The second kappa shape index (κ2) is 14.3. The standard InChI is InChI=1S/C68H56O2/c1-38-17-16-18-39(2)60(38)43(32-41-26-28-45-53(34-41)68(7,8)56-35-48(42-19-10-9-11-20-42)65-64(61(45)56)47-22-13-15-24-58(47)70-65)31-40-25-27-44-49-36-55-50(37-54(49)67(5,6)52(44)33-40)62-51(66(55,3)4)29-30-59-63(62)46-21-12-14-23-57(46)69-59/h9-30,33-37,43H,31-32H2,1-8H3. The molecule has 1 atom stereocenters. The zero-order valence-electron chi connectivity index (χ0n) is 41.4. The molecule has 2 nitrogen and oxygen atoms in total. The van der Waals surface area contributed by atoms with Crippen LogP contribution in [0.4, 0.5) is 0 Å². The third-order valence-corrected chi connectivity index (χ3v) is 17.4. The Balaban J connectivity index is 0.854. The van der Waals surface area contributed by atoms with E-state index in [9.17, 15) is 0 Å². The van der Waals surface area contributed by atoms with Crippen molar-refractivity contribution in [3.8, 4) is 44.5 Å². The van der Waals surface area contributed by atoms with Crippen molar-refractivity contribution in [2.75, 3.05) is 0 Å². The summed E-state index contributed by atoms with van der Waals surface area (Å²) in [5.41, 5.74) is 29.1. The third-order valence-electron chi connectivity index (χ3n) is 17.4. The number of rotatable bonds is 6.